The molecule has 0 radical (unpaired) electrons. The van der Waals surface area contributed by atoms with E-state index in [9.17, 15) is 0 Å². The molecule has 0 atom stereocenters. The van der Waals surface area contributed by atoms with Crippen LogP contribution in [0.1, 0.15) is 12.0 Å². The van der Waals surface area contributed by atoms with Gasteiger partial charge in [0.2, 0.25) is 0 Å². The second-order valence-electron chi connectivity index (χ2n) is 5.60. The van der Waals surface area contributed by atoms with Crippen LogP contribution >= 0.6 is 0 Å². The van der Waals surface area contributed by atoms with Crippen LogP contribution in [-0.4, -0.2) is 54.1 Å². The molecule has 0 bridgehead atoms. The van der Waals surface area contributed by atoms with Gasteiger partial charge in [0.1, 0.15) is 0 Å². The first kappa shape index (κ1) is 15.2. The normalized spacial score (nSPS) is 16.0. The van der Waals surface area contributed by atoms with Crippen molar-refractivity contribution in [1.82, 2.24) is 20.0 Å². The maximum absolute atomic E-state index is 5.36. The van der Waals surface area contributed by atoms with Crippen molar-refractivity contribution >= 4 is 0 Å². The molecule has 0 unspecified atom stereocenters. The van der Waals surface area contributed by atoms with Crippen molar-refractivity contribution in [2.45, 2.75) is 13.0 Å². The second-order valence-corrected chi connectivity index (χ2v) is 5.60. The Morgan fingerprint density at radius 2 is 1.95 bits per heavy atom. The van der Waals surface area contributed by atoms with E-state index >= 15 is 0 Å². The van der Waals surface area contributed by atoms with E-state index < -0.39 is 0 Å². The molecule has 5 heteroatoms. The third kappa shape index (κ3) is 4.40. The van der Waals surface area contributed by atoms with Crippen molar-refractivity contribution < 1.29 is 4.74 Å². The van der Waals surface area contributed by atoms with Crippen LogP contribution in [0.25, 0.3) is 5.69 Å². The van der Waals surface area contributed by atoms with Crippen LogP contribution in [0.5, 0.6) is 0 Å². The molecule has 1 saturated heterocycles. The molecule has 1 N–H and O–H groups in total. The lowest BCUT2D eigenvalue weighted by Crippen LogP contribution is -2.37. The average Bonchev–Trinajstić information content (AvgIpc) is 3.11. The summed E-state index contributed by atoms with van der Waals surface area (Å²) < 4.78 is 7.23. The molecule has 0 amide bonds. The SMILES string of the molecule is c1cnn(-c2ccc(CNCCCN3CCOCC3)cc2)c1. The Balaban J connectivity index is 1.35. The van der Waals surface area contributed by atoms with Crippen LogP contribution < -0.4 is 5.32 Å². The lowest BCUT2D eigenvalue weighted by molar-refractivity contribution is 0.0374. The zero-order valence-corrected chi connectivity index (χ0v) is 12.9. The topological polar surface area (TPSA) is 42.3 Å². The number of nitrogens with zero attached hydrogens (tertiary/aromatic N) is 3. The van der Waals surface area contributed by atoms with E-state index in [4.69, 9.17) is 4.74 Å². The van der Waals surface area contributed by atoms with Gasteiger partial charge in [-0.05, 0) is 43.3 Å². The molecule has 0 spiro atoms. The summed E-state index contributed by atoms with van der Waals surface area (Å²) in [6, 6.07) is 10.5. The number of hydrogen-bond acceptors (Lipinski definition) is 4. The highest BCUT2D eigenvalue weighted by Gasteiger charge is 2.08. The summed E-state index contributed by atoms with van der Waals surface area (Å²) in [5.74, 6) is 0. The van der Waals surface area contributed by atoms with E-state index in [1.807, 2.05) is 16.9 Å². The second kappa shape index (κ2) is 8.08. The highest BCUT2D eigenvalue weighted by molar-refractivity contribution is 5.33. The number of hydrogen-bond donors (Lipinski definition) is 1. The summed E-state index contributed by atoms with van der Waals surface area (Å²) >= 11 is 0. The van der Waals surface area contributed by atoms with Crippen LogP contribution in [0.2, 0.25) is 0 Å². The minimum Gasteiger partial charge on any atom is -0.379 e. The first-order valence-electron chi connectivity index (χ1n) is 8.01. The summed E-state index contributed by atoms with van der Waals surface area (Å²) in [5.41, 5.74) is 2.41. The molecule has 3 rings (SSSR count). The molecule has 0 saturated carbocycles. The van der Waals surface area contributed by atoms with E-state index in [1.165, 1.54) is 12.0 Å². The van der Waals surface area contributed by atoms with Crippen LogP contribution in [0, 0.1) is 0 Å². The monoisotopic (exact) mass is 300 g/mol. The molecular weight excluding hydrogens is 276 g/mol. The van der Waals surface area contributed by atoms with Gasteiger partial charge in [-0.3, -0.25) is 4.90 Å². The highest BCUT2D eigenvalue weighted by atomic mass is 16.5. The van der Waals surface area contributed by atoms with Crippen molar-refractivity contribution in [2.24, 2.45) is 0 Å². The predicted molar refractivity (Wildman–Crippen MR) is 87.1 cm³/mol. The molecule has 0 aliphatic carbocycles. The van der Waals surface area contributed by atoms with Gasteiger partial charge in [0.25, 0.3) is 0 Å². The molecule has 1 aliphatic heterocycles. The molecule has 118 valence electrons. The summed E-state index contributed by atoms with van der Waals surface area (Å²) in [6.45, 7) is 7.06. The van der Waals surface area contributed by atoms with Gasteiger partial charge in [0, 0.05) is 32.0 Å². The summed E-state index contributed by atoms with van der Waals surface area (Å²) in [5, 5.41) is 7.75. The van der Waals surface area contributed by atoms with Gasteiger partial charge in [-0.15, -0.1) is 0 Å². The van der Waals surface area contributed by atoms with Crippen molar-refractivity contribution in [3.8, 4) is 5.69 Å². The van der Waals surface area contributed by atoms with E-state index in [2.05, 4.69) is 39.6 Å². The van der Waals surface area contributed by atoms with Gasteiger partial charge >= 0.3 is 0 Å². The maximum atomic E-state index is 5.36. The highest BCUT2D eigenvalue weighted by Crippen LogP contribution is 2.08. The summed E-state index contributed by atoms with van der Waals surface area (Å²) in [6.07, 6.45) is 4.94. The summed E-state index contributed by atoms with van der Waals surface area (Å²) in [4.78, 5) is 2.48. The van der Waals surface area contributed by atoms with E-state index in [1.54, 1.807) is 6.20 Å². The third-order valence-corrected chi connectivity index (χ3v) is 3.97. The Labute approximate surface area is 131 Å². The van der Waals surface area contributed by atoms with Gasteiger partial charge in [-0.2, -0.15) is 5.10 Å². The minimum atomic E-state index is 0.885. The molecule has 1 fully saturated rings. The zero-order chi connectivity index (χ0) is 15.0. The van der Waals surface area contributed by atoms with Crippen LogP contribution in [0.15, 0.2) is 42.7 Å². The lowest BCUT2D eigenvalue weighted by Gasteiger charge is -2.26. The van der Waals surface area contributed by atoms with Crippen LogP contribution in [0.4, 0.5) is 0 Å². The molecule has 2 aromatic rings. The largest absolute Gasteiger partial charge is 0.379 e. The molecule has 22 heavy (non-hydrogen) atoms. The third-order valence-electron chi connectivity index (χ3n) is 3.97. The minimum absolute atomic E-state index is 0.885. The van der Waals surface area contributed by atoms with Gasteiger partial charge < -0.3 is 10.1 Å². The number of rotatable bonds is 7. The number of nitrogens with one attached hydrogen (secondary N) is 1. The van der Waals surface area contributed by atoms with E-state index in [-0.39, 0.29) is 0 Å². The fourth-order valence-electron chi connectivity index (χ4n) is 2.67. The number of morpholine rings is 1. The summed E-state index contributed by atoms with van der Waals surface area (Å²) in [7, 11) is 0. The number of aromatic nitrogens is 2. The molecule has 1 aromatic carbocycles. The van der Waals surface area contributed by atoms with Gasteiger partial charge in [-0.1, -0.05) is 12.1 Å². The number of benzene rings is 1. The Bertz CT molecular complexity index is 532. The van der Waals surface area contributed by atoms with E-state index in [0.29, 0.717) is 0 Å². The predicted octanol–water partition coefficient (Wildman–Crippen LogP) is 1.68. The fraction of sp³-hybridized carbons (Fsp3) is 0.471. The molecular formula is C17H24N4O. The fourth-order valence-corrected chi connectivity index (χ4v) is 2.67. The van der Waals surface area contributed by atoms with Gasteiger partial charge in [0.15, 0.2) is 0 Å². The van der Waals surface area contributed by atoms with Crippen molar-refractivity contribution in [3.05, 3.63) is 48.3 Å². The molecule has 5 nitrogen and oxygen atoms in total. The Kier molecular flexibility index (Phi) is 5.59. The molecule has 1 aliphatic rings. The first-order valence-corrected chi connectivity index (χ1v) is 8.01. The quantitative estimate of drug-likeness (QED) is 0.790. The van der Waals surface area contributed by atoms with Gasteiger partial charge in [-0.25, -0.2) is 4.68 Å². The Morgan fingerprint density at radius 1 is 1.14 bits per heavy atom. The lowest BCUT2D eigenvalue weighted by atomic mass is 10.2. The molecule has 2 heterocycles. The zero-order valence-electron chi connectivity index (χ0n) is 12.9. The average molecular weight is 300 g/mol. The first-order chi connectivity index (χ1) is 10.9. The standard InChI is InChI=1S/C17H24N4O/c1(9-20-11-13-22-14-12-20)7-18-15-16-3-5-17(6-4-16)21-10-2-8-19-21/h2-6,8,10,18H,1,7,9,11-15H2. The van der Waals surface area contributed by atoms with Crippen molar-refractivity contribution in [3.63, 3.8) is 0 Å². The number of ether oxygens (including phenoxy) is 1. The Hall–Kier alpha value is -1.69. The Morgan fingerprint density at radius 3 is 2.68 bits per heavy atom. The van der Waals surface area contributed by atoms with Crippen LogP contribution in [0.3, 0.4) is 0 Å². The molecule has 1 aromatic heterocycles. The van der Waals surface area contributed by atoms with Crippen molar-refractivity contribution in [2.75, 3.05) is 39.4 Å². The van der Waals surface area contributed by atoms with E-state index in [0.717, 1.165) is 51.6 Å². The van der Waals surface area contributed by atoms with Crippen LogP contribution in [-0.2, 0) is 11.3 Å². The van der Waals surface area contributed by atoms with Crippen molar-refractivity contribution in [1.29, 1.82) is 0 Å². The van der Waals surface area contributed by atoms with Gasteiger partial charge in [0.05, 0.1) is 18.9 Å². The smallest absolute Gasteiger partial charge is 0.0645 e. The maximum Gasteiger partial charge on any atom is 0.0645 e.